The molecule has 6 nitrogen and oxygen atoms in total. The van der Waals surface area contributed by atoms with Crippen LogP contribution in [0.2, 0.25) is 0 Å². The Bertz CT molecular complexity index is 466. The van der Waals surface area contributed by atoms with Crippen molar-refractivity contribution in [1.29, 1.82) is 0 Å². The number of nitrogens with zero attached hydrogens (tertiary/aromatic N) is 1. The van der Waals surface area contributed by atoms with Crippen LogP contribution in [-0.4, -0.2) is 61.2 Å². The third kappa shape index (κ3) is 1.39. The number of halogens is 1. The van der Waals surface area contributed by atoms with E-state index in [1.807, 2.05) is 0 Å². The first-order valence-electron chi connectivity index (χ1n) is 5.34. The molecular formula is C9H12ClNO5S. The van der Waals surface area contributed by atoms with E-state index in [-0.39, 0.29) is 18.1 Å². The lowest BCUT2D eigenvalue weighted by Crippen LogP contribution is -2.45. The number of rotatable bonds is 2. The SMILES string of the molecule is CN1C2C(OC(=O)CCl)C3CC(C2O3)S1(=O)=O. The van der Waals surface area contributed by atoms with E-state index in [0.717, 1.165) is 0 Å². The molecular weight excluding hydrogens is 270 g/mol. The second kappa shape index (κ2) is 3.57. The number of hydrogen-bond acceptors (Lipinski definition) is 5. The molecule has 5 atom stereocenters. The smallest absolute Gasteiger partial charge is 0.321 e. The molecule has 3 fully saturated rings. The van der Waals surface area contributed by atoms with Gasteiger partial charge >= 0.3 is 5.97 Å². The van der Waals surface area contributed by atoms with E-state index in [1.54, 1.807) is 0 Å². The van der Waals surface area contributed by atoms with Gasteiger partial charge < -0.3 is 9.47 Å². The quantitative estimate of drug-likeness (QED) is 0.495. The Morgan fingerprint density at radius 3 is 2.94 bits per heavy atom. The van der Waals surface area contributed by atoms with Crippen LogP contribution in [0.25, 0.3) is 0 Å². The van der Waals surface area contributed by atoms with Crippen LogP contribution in [0.5, 0.6) is 0 Å². The fourth-order valence-corrected chi connectivity index (χ4v) is 5.11. The topological polar surface area (TPSA) is 72.9 Å². The fraction of sp³-hybridized carbons (Fsp3) is 0.889. The summed E-state index contributed by atoms with van der Waals surface area (Å²) in [6.07, 6.45) is -0.816. The van der Waals surface area contributed by atoms with Crippen molar-refractivity contribution >= 4 is 27.6 Å². The van der Waals surface area contributed by atoms with E-state index in [1.165, 1.54) is 11.4 Å². The number of ether oxygens (including phenoxy) is 2. The van der Waals surface area contributed by atoms with Crippen LogP contribution in [0.3, 0.4) is 0 Å². The molecule has 0 N–H and O–H groups in total. The molecule has 3 saturated heterocycles. The number of carbonyl (C=O) groups excluding carboxylic acids is 1. The van der Waals surface area contributed by atoms with Crippen molar-refractivity contribution < 1.29 is 22.7 Å². The summed E-state index contributed by atoms with van der Waals surface area (Å²) >= 11 is 5.38. The molecule has 0 spiro atoms. The molecule has 3 heterocycles. The highest BCUT2D eigenvalue weighted by atomic mass is 35.5. The van der Waals surface area contributed by atoms with Crippen LogP contribution in [0.15, 0.2) is 0 Å². The summed E-state index contributed by atoms with van der Waals surface area (Å²) in [5, 5.41) is -0.478. The Kier molecular flexibility index (Phi) is 2.46. The van der Waals surface area contributed by atoms with Crippen molar-refractivity contribution in [2.75, 3.05) is 12.9 Å². The summed E-state index contributed by atoms with van der Waals surface area (Å²) in [5.41, 5.74) is 0. The van der Waals surface area contributed by atoms with Gasteiger partial charge in [-0.05, 0) is 6.42 Å². The molecule has 8 heteroatoms. The predicted octanol–water partition coefficient (Wildman–Crippen LogP) is -0.680. The van der Waals surface area contributed by atoms with Crippen molar-refractivity contribution in [3.63, 3.8) is 0 Å². The summed E-state index contributed by atoms with van der Waals surface area (Å²) in [5.74, 6) is -0.775. The molecule has 2 bridgehead atoms. The Morgan fingerprint density at radius 1 is 1.59 bits per heavy atom. The van der Waals surface area contributed by atoms with Gasteiger partial charge in [0, 0.05) is 7.05 Å². The molecule has 0 aromatic carbocycles. The normalized spacial score (nSPS) is 46.4. The van der Waals surface area contributed by atoms with Gasteiger partial charge in [-0.25, -0.2) is 8.42 Å². The number of likely N-dealkylation sites (N-methyl/N-ethyl adjacent to an activating group) is 1. The Morgan fingerprint density at radius 2 is 2.29 bits per heavy atom. The van der Waals surface area contributed by atoms with E-state index in [0.29, 0.717) is 6.42 Å². The molecule has 0 amide bonds. The molecule has 0 saturated carbocycles. The van der Waals surface area contributed by atoms with Gasteiger partial charge in [0.1, 0.15) is 17.2 Å². The Hall–Kier alpha value is -0.370. The third-order valence-corrected chi connectivity index (χ3v) is 6.27. The molecule has 0 aromatic heterocycles. The maximum atomic E-state index is 12.0. The molecule has 0 aromatic rings. The molecule has 3 aliphatic rings. The zero-order valence-corrected chi connectivity index (χ0v) is 10.6. The largest absolute Gasteiger partial charge is 0.457 e. The summed E-state index contributed by atoms with van der Waals surface area (Å²) in [6, 6.07) is -0.393. The highest BCUT2D eigenvalue weighted by Crippen LogP contribution is 2.48. The Balaban J connectivity index is 1.90. The van der Waals surface area contributed by atoms with Crippen molar-refractivity contribution in [3.8, 4) is 0 Å². The zero-order valence-electron chi connectivity index (χ0n) is 9.08. The number of sulfonamides is 1. The van der Waals surface area contributed by atoms with Gasteiger partial charge in [0.15, 0.2) is 0 Å². The highest BCUT2D eigenvalue weighted by Gasteiger charge is 2.68. The van der Waals surface area contributed by atoms with Gasteiger partial charge in [-0.15, -0.1) is 11.6 Å². The summed E-state index contributed by atoms with van der Waals surface area (Å²) in [7, 11) is -1.80. The van der Waals surface area contributed by atoms with Gasteiger partial charge in [-0.1, -0.05) is 0 Å². The van der Waals surface area contributed by atoms with Gasteiger partial charge in [0.05, 0.1) is 18.2 Å². The minimum absolute atomic E-state index is 0.236. The van der Waals surface area contributed by atoms with Crippen molar-refractivity contribution in [2.45, 2.75) is 36.0 Å². The molecule has 0 radical (unpaired) electrons. The zero-order chi connectivity index (χ0) is 12.4. The first-order chi connectivity index (χ1) is 7.96. The first kappa shape index (κ1) is 11.7. The van der Waals surface area contributed by atoms with E-state index in [9.17, 15) is 13.2 Å². The average molecular weight is 282 g/mol. The third-order valence-electron chi connectivity index (χ3n) is 3.78. The van der Waals surface area contributed by atoms with Crippen LogP contribution in [0.1, 0.15) is 6.42 Å². The lowest BCUT2D eigenvalue weighted by Gasteiger charge is -2.25. The molecule has 96 valence electrons. The minimum atomic E-state index is -3.30. The lowest BCUT2D eigenvalue weighted by atomic mass is 9.92. The van der Waals surface area contributed by atoms with Crippen LogP contribution < -0.4 is 0 Å². The summed E-state index contributed by atoms with van der Waals surface area (Å²) in [4.78, 5) is 11.2. The van der Waals surface area contributed by atoms with E-state index < -0.39 is 33.4 Å². The van der Waals surface area contributed by atoms with Crippen LogP contribution in [-0.2, 0) is 24.3 Å². The van der Waals surface area contributed by atoms with Crippen LogP contribution in [0, 0.1) is 0 Å². The molecule has 3 aliphatic heterocycles. The standard InChI is InChI=1S/C9H12ClNO5S/c1-11-7-8(16-6(12)3-10)4-2-5(9(7)15-4)17(11,13)14/h4-5,7-9H,2-3H2,1H3. The van der Waals surface area contributed by atoms with Crippen LogP contribution in [0.4, 0.5) is 0 Å². The van der Waals surface area contributed by atoms with Gasteiger partial charge in [-0.3, -0.25) is 4.79 Å². The molecule has 17 heavy (non-hydrogen) atoms. The molecule has 0 aliphatic carbocycles. The van der Waals surface area contributed by atoms with Crippen molar-refractivity contribution in [2.24, 2.45) is 0 Å². The van der Waals surface area contributed by atoms with Crippen molar-refractivity contribution in [1.82, 2.24) is 4.31 Å². The van der Waals surface area contributed by atoms with Crippen LogP contribution >= 0.6 is 11.6 Å². The van der Waals surface area contributed by atoms with Crippen molar-refractivity contribution in [3.05, 3.63) is 0 Å². The maximum Gasteiger partial charge on any atom is 0.321 e. The number of alkyl halides is 1. The summed E-state index contributed by atoms with van der Waals surface area (Å²) < 4.78 is 36.0. The monoisotopic (exact) mass is 281 g/mol. The second-order valence-corrected chi connectivity index (χ2v) is 7.03. The van der Waals surface area contributed by atoms with E-state index >= 15 is 0 Å². The van der Waals surface area contributed by atoms with Gasteiger partial charge in [0.25, 0.3) is 0 Å². The molecule has 3 rings (SSSR count). The number of esters is 1. The Labute approximate surface area is 104 Å². The number of carbonyl (C=O) groups is 1. The highest BCUT2D eigenvalue weighted by molar-refractivity contribution is 7.90. The van der Waals surface area contributed by atoms with Gasteiger partial charge in [-0.2, -0.15) is 4.31 Å². The van der Waals surface area contributed by atoms with E-state index in [2.05, 4.69) is 0 Å². The number of hydrogen-bond donors (Lipinski definition) is 0. The fourth-order valence-electron chi connectivity index (χ4n) is 3.04. The number of fused-ring (bicyclic) bond motifs is 1. The predicted molar refractivity (Wildman–Crippen MR) is 58.1 cm³/mol. The second-order valence-electron chi connectivity index (χ2n) is 4.55. The summed E-state index contributed by atoms with van der Waals surface area (Å²) in [6.45, 7) is 0. The van der Waals surface area contributed by atoms with Gasteiger partial charge in [0.2, 0.25) is 10.0 Å². The minimum Gasteiger partial charge on any atom is -0.457 e. The molecule has 5 unspecified atom stereocenters. The first-order valence-corrected chi connectivity index (χ1v) is 7.38. The average Bonchev–Trinajstić information content (AvgIpc) is 2.88. The maximum absolute atomic E-state index is 12.0. The lowest BCUT2D eigenvalue weighted by molar-refractivity contribution is -0.149. The van der Waals surface area contributed by atoms with E-state index in [4.69, 9.17) is 21.1 Å².